The summed E-state index contributed by atoms with van der Waals surface area (Å²) < 4.78 is 0. The van der Waals surface area contributed by atoms with Gasteiger partial charge in [0.2, 0.25) is 0 Å². The van der Waals surface area contributed by atoms with Gasteiger partial charge in [-0.15, -0.1) is 10.2 Å². The van der Waals surface area contributed by atoms with Crippen molar-refractivity contribution < 1.29 is 0 Å². The number of hydrogen-bond donors (Lipinski definition) is 0. The van der Waals surface area contributed by atoms with Gasteiger partial charge in [0.05, 0.1) is 19.3 Å². The van der Waals surface area contributed by atoms with Crippen LogP contribution >= 0.6 is 0 Å². The topological polar surface area (TPSA) is 61.5 Å². The largest absolute Gasteiger partial charge is 0.220 e. The van der Waals surface area contributed by atoms with Crippen LogP contribution in [0.15, 0.2) is 20.9 Å². The lowest BCUT2D eigenvalue weighted by Gasteiger charge is -2.02. The third-order valence-electron chi connectivity index (χ3n) is 2.63. The predicted molar refractivity (Wildman–Crippen MR) is 46.0 cm³/mol. The molecule has 0 aromatic heterocycles. The first kappa shape index (κ1) is 8.06. The van der Waals surface area contributed by atoms with Crippen molar-refractivity contribution in [3.63, 3.8) is 0 Å². The Morgan fingerprint density at radius 1 is 0.786 bits per heavy atom. The maximum absolute atomic E-state index is 3.71. The van der Waals surface area contributed by atoms with Crippen molar-refractivity contribution in [1.29, 1.82) is 0 Å². The molecule has 0 radical (unpaired) electrons. The van der Waals surface area contributed by atoms with Gasteiger partial charge in [0.1, 0.15) is 0 Å². The molecule has 3 heterocycles. The van der Waals surface area contributed by atoms with Crippen LogP contribution in [0.25, 0.3) is 0 Å². The summed E-state index contributed by atoms with van der Waals surface area (Å²) in [6.07, 6.45) is 0.537. The van der Waals surface area contributed by atoms with Crippen LogP contribution in [0.3, 0.4) is 0 Å². The van der Waals surface area contributed by atoms with Crippen molar-refractivity contribution in [3.05, 3.63) is 0 Å². The molecule has 0 aliphatic carbocycles. The molecule has 1 fully saturated rings. The van der Waals surface area contributed by atoms with Crippen molar-refractivity contribution in [2.45, 2.75) is 13.1 Å². The Kier molecular flexibility index (Phi) is 1.64. The Bertz CT molecular complexity index is 248. The van der Waals surface area contributed by atoms with E-state index in [0.717, 1.165) is 26.2 Å². The first-order chi connectivity index (χ1) is 6.84. The van der Waals surface area contributed by atoms with Crippen molar-refractivity contribution in [3.8, 4) is 0 Å². The van der Waals surface area contributed by atoms with Gasteiger partial charge in [0.15, 0.2) is 0 Å². The van der Waals surface area contributed by atoms with Crippen molar-refractivity contribution in [2.75, 3.05) is 26.2 Å². The maximum Gasteiger partial charge on any atom is 0.0868 e. The standard InChI is InChI=1S/C6H12N8/c1-6-11(2-4-13-7-8-13)12(6)3-5-14-9-10-14/h6H,2-5H2,1H3. The van der Waals surface area contributed by atoms with Gasteiger partial charge < -0.3 is 0 Å². The number of nitrogens with zero attached hydrogens (tertiary/aromatic N) is 8. The highest BCUT2D eigenvalue weighted by atomic mass is 16.0. The molecule has 0 spiro atoms. The average Bonchev–Trinajstić information content (AvgIpc) is 3.02. The Morgan fingerprint density at radius 3 is 1.57 bits per heavy atom. The first-order valence-electron chi connectivity index (χ1n) is 4.76. The first-order valence-corrected chi connectivity index (χ1v) is 4.76. The molecule has 0 bridgehead atoms. The highest BCUT2D eigenvalue weighted by molar-refractivity contribution is 4.80. The minimum absolute atomic E-state index is 0.537. The van der Waals surface area contributed by atoms with E-state index in [9.17, 15) is 0 Å². The molecule has 0 amide bonds. The fourth-order valence-corrected chi connectivity index (χ4v) is 1.61. The SMILES string of the molecule is CC1N(CCN2N=N2)N1CCN1N=N1. The molecule has 2 atom stereocenters. The Morgan fingerprint density at radius 2 is 1.21 bits per heavy atom. The molecule has 3 rings (SSSR count). The van der Waals surface area contributed by atoms with Crippen LogP contribution in [0.5, 0.6) is 0 Å². The summed E-state index contributed by atoms with van der Waals surface area (Å²) in [7, 11) is 0. The third-order valence-corrected chi connectivity index (χ3v) is 2.63. The number of hydrogen-bond acceptors (Lipinski definition) is 8. The van der Waals surface area contributed by atoms with E-state index in [0.29, 0.717) is 6.17 Å². The molecule has 1 saturated heterocycles. The lowest BCUT2D eigenvalue weighted by Crippen LogP contribution is -2.19. The third kappa shape index (κ3) is 1.66. The molecule has 2 unspecified atom stereocenters. The van der Waals surface area contributed by atoms with E-state index >= 15 is 0 Å². The Balaban J connectivity index is 1.33. The molecular weight excluding hydrogens is 184 g/mol. The molecule has 8 heteroatoms. The molecule has 3 aliphatic rings. The second-order valence-corrected chi connectivity index (χ2v) is 3.51. The summed E-state index contributed by atoms with van der Waals surface area (Å²) in [5.41, 5.74) is 0. The van der Waals surface area contributed by atoms with Gasteiger partial charge in [-0.2, -0.15) is 0 Å². The summed E-state index contributed by atoms with van der Waals surface area (Å²) in [4.78, 5) is 0. The van der Waals surface area contributed by atoms with Crippen LogP contribution in [-0.4, -0.2) is 52.6 Å². The molecule has 8 nitrogen and oxygen atoms in total. The minimum atomic E-state index is 0.537. The average molecular weight is 196 g/mol. The Hall–Kier alpha value is -1.28. The highest BCUT2D eigenvalue weighted by Crippen LogP contribution is 2.26. The maximum atomic E-state index is 3.71. The van der Waals surface area contributed by atoms with Crippen molar-refractivity contribution in [1.82, 2.24) is 20.3 Å². The zero-order valence-corrected chi connectivity index (χ0v) is 7.98. The summed E-state index contributed by atoms with van der Waals surface area (Å²) in [5.74, 6) is 0. The predicted octanol–water partition coefficient (Wildman–Crippen LogP) is 0.0606. The fraction of sp³-hybridized carbons (Fsp3) is 1.00. The van der Waals surface area contributed by atoms with E-state index in [-0.39, 0.29) is 0 Å². The lowest BCUT2D eigenvalue weighted by atomic mass is 10.6. The van der Waals surface area contributed by atoms with E-state index < -0.39 is 0 Å². The second kappa shape index (κ2) is 2.85. The quantitative estimate of drug-likeness (QED) is 0.563. The van der Waals surface area contributed by atoms with Gasteiger partial charge in [0.25, 0.3) is 0 Å². The van der Waals surface area contributed by atoms with Crippen molar-refractivity contribution >= 4 is 0 Å². The Labute approximate surface area is 81.3 Å². The monoisotopic (exact) mass is 196 g/mol. The van der Waals surface area contributed by atoms with Crippen molar-refractivity contribution in [2.24, 2.45) is 20.9 Å². The molecule has 3 aliphatic heterocycles. The van der Waals surface area contributed by atoms with E-state index in [4.69, 9.17) is 0 Å². The molecule has 0 aromatic carbocycles. The van der Waals surface area contributed by atoms with Crippen LogP contribution < -0.4 is 0 Å². The molecule has 14 heavy (non-hydrogen) atoms. The number of hydrazine groups is 1. The molecule has 0 N–H and O–H groups in total. The van der Waals surface area contributed by atoms with Crippen LogP contribution in [0.4, 0.5) is 0 Å². The highest BCUT2D eigenvalue weighted by Gasteiger charge is 2.41. The zero-order valence-electron chi connectivity index (χ0n) is 7.98. The molecular formula is C6H12N8. The molecule has 76 valence electrons. The summed E-state index contributed by atoms with van der Waals surface area (Å²) in [5, 5.41) is 22.9. The lowest BCUT2D eigenvalue weighted by molar-refractivity contribution is 0.267. The van der Waals surface area contributed by atoms with E-state index in [1.807, 2.05) is 0 Å². The van der Waals surface area contributed by atoms with E-state index in [2.05, 4.69) is 37.8 Å². The second-order valence-electron chi connectivity index (χ2n) is 3.51. The molecule has 0 aromatic rings. The van der Waals surface area contributed by atoms with Gasteiger partial charge in [-0.05, 0) is 27.8 Å². The van der Waals surface area contributed by atoms with Crippen LogP contribution in [0.1, 0.15) is 6.92 Å². The van der Waals surface area contributed by atoms with Gasteiger partial charge in [0, 0.05) is 13.1 Å². The van der Waals surface area contributed by atoms with Crippen LogP contribution in [0.2, 0.25) is 0 Å². The van der Waals surface area contributed by atoms with Crippen LogP contribution in [-0.2, 0) is 0 Å². The minimum Gasteiger partial charge on any atom is -0.220 e. The zero-order chi connectivity index (χ0) is 9.54. The molecule has 0 saturated carbocycles. The van der Waals surface area contributed by atoms with Gasteiger partial charge >= 0.3 is 0 Å². The van der Waals surface area contributed by atoms with Gasteiger partial charge in [-0.1, -0.05) is 0 Å². The summed E-state index contributed by atoms with van der Waals surface area (Å²) in [6, 6.07) is 0. The van der Waals surface area contributed by atoms with Crippen LogP contribution in [0, 0.1) is 0 Å². The summed E-state index contributed by atoms with van der Waals surface area (Å²) >= 11 is 0. The number of rotatable bonds is 6. The smallest absolute Gasteiger partial charge is 0.0868 e. The van der Waals surface area contributed by atoms with Gasteiger partial charge in [-0.3, -0.25) is 0 Å². The van der Waals surface area contributed by atoms with Gasteiger partial charge in [-0.25, -0.2) is 10.0 Å². The summed E-state index contributed by atoms with van der Waals surface area (Å²) in [6.45, 7) is 5.94. The van der Waals surface area contributed by atoms with E-state index in [1.54, 1.807) is 10.2 Å². The van der Waals surface area contributed by atoms with E-state index in [1.165, 1.54) is 0 Å². The normalized spacial score (nSPS) is 36.5. The fourth-order valence-electron chi connectivity index (χ4n) is 1.61.